The normalized spacial score (nSPS) is 9.83. The van der Waals surface area contributed by atoms with Crippen molar-refractivity contribution in [3.8, 4) is 5.75 Å². The Bertz CT molecular complexity index is 671. The van der Waals surface area contributed by atoms with Gasteiger partial charge < -0.3 is 14.8 Å². The zero-order valence-corrected chi connectivity index (χ0v) is 13.9. The fourth-order valence-corrected chi connectivity index (χ4v) is 1.95. The number of carbonyl (C=O) groups excluding carboxylic acids is 2. The van der Waals surface area contributed by atoms with Gasteiger partial charge in [-0.1, -0.05) is 15.9 Å². The van der Waals surface area contributed by atoms with Crippen LogP contribution in [0.4, 0.5) is 16.2 Å². The molecule has 0 spiro atoms. The highest BCUT2D eigenvalue weighted by Crippen LogP contribution is 2.16. The average molecular weight is 379 g/mol. The van der Waals surface area contributed by atoms with Crippen LogP contribution in [0.2, 0.25) is 0 Å². The Morgan fingerprint density at radius 3 is 2.13 bits per heavy atom. The number of hydrogen-bond acceptors (Lipinski definition) is 4. The molecule has 0 saturated carbocycles. The zero-order valence-electron chi connectivity index (χ0n) is 12.3. The number of benzene rings is 2. The number of methoxy groups -OCH3 is 1. The second-order valence-corrected chi connectivity index (χ2v) is 5.40. The minimum Gasteiger partial charge on any atom is -0.484 e. The lowest BCUT2D eigenvalue weighted by Gasteiger charge is -2.08. The van der Waals surface area contributed by atoms with Gasteiger partial charge in [-0.2, -0.15) is 0 Å². The van der Waals surface area contributed by atoms with Gasteiger partial charge in [-0.05, 0) is 48.5 Å². The van der Waals surface area contributed by atoms with Gasteiger partial charge in [0, 0.05) is 15.8 Å². The van der Waals surface area contributed by atoms with Crippen LogP contribution >= 0.6 is 15.9 Å². The predicted octanol–water partition coefficient (Wildman–Crippen LogP) is 3.64. The quantitative estimate of drug-likeness (QED) is 0.832. The first-order chi connectivity index (χ1) is 11.1. The summed E-state index contributed by atoms with van der Waals surface area (Å²) < 4.78 is 10.8. The molecule has 7 heteroatoms. The second kappa shape index (κ2) is 8.19. The molecule has 0 heterocycles. The highest BCUT2D eigenvalue weighted by molar-refractivity contribution is 9.10. The van der Waals surface area contributed by atoms with E-state index < -0.39 is 6.09 Å². The van der Waals surface area contributed by atoms with E-state index in [9.17, 15) is 9.59 Å². The minimum atomic E-state index is -0.549. The van der Waals surface area contributed by atoms with Crippen molar-refractivity contribution in [3.63, 3.8) is 0 Å². The molecular formula is C16H15BrN2O4. The molecule has 2 rings (SSSR count). The average Bonchev–Trinajstić information content (AvgIpc) is 2.56. The van der Waals surface area contributed by atoms with Crippen LogP contribution in [-0.4, -0.2) is 25.7 Å². The van der Waals surface area contributed by atoms with Gasteiger partial charge >= 0.3 is 6.09 Å². The van der Waals surface area contributed by atoms with Crippen molar-refractivity contribution in [3.05, 3.63) is 53.0 Å². The Morgan fingerprint density at radius 1 is 0.957 bits per heavy atom. The van der Waals surface area contributed by atoms with Crippen LogP contribution in [0.5, 0.6) is 5.75 Å². The number of ether oxygens (including phenoxy) is 2. The number of nitrogens with one attached hydrogen (secondary N) is 2. The van der Waals surface area contributed by atoms with Crippen molar-refractivity contribution in [2.24, 2.45) is 0 Å². The number of halogens is 1. The zero-order chi connectivity index (χ0) is 16.7. The van der Waals surface area contributed by atoms with Crippen molar-refractivity contribution in [2.45, 2.75) is 0 Å². The topological polar surface area (TPSA) is 76.7 Å². The first-order valence-electron chi connectivity index (χ1n) is 6.70. The summed E-state index contributed by atoms with van der Waals surface area (Å²) in [5.74, 6) is 0.260. The molecule has 6 nitrogen and oxygen atoms in total. The molecule has 2 aromatic carbocycles. The summed E-state index contributed by atoms with van der Waals surface area (Å²) in [7, 11) is 1.29. The predicted molar refractivity (Wildman–Crippen MR) is 90.7 cm³/mol. The molecule has 0 aliphatic carbocycles. The van der Waals surface area contributed by atoms with Crippen LogP contribution in [0, 0.1) is 0 Å². The van der Waals surface area contributed by atoms with Crippen molar-refractivity contribution in [2.75, 3.05) is 24.4 Å². The number of rotatable bonds is 5. The van der Waals surface area contributed by atoms with Gasteiger partial charge in [0.1, 0.15) is 5.75 Å². The Balaban J connectivity index is 1.82. The Kier molecular flexibility index (Phi) is 5.99. The van der Waals surface area contributed by atoms with Gasteiger partial charge in [-0.3, -0.25) is 10.1 Å². The third-order valence-electron chi connectivity index (χ3n) is 2.78. The minimum absolute atomic E-state index is 0.111. The molecular weight excluding hydrogens is 364 g/mol. The fraction of sp³-hybridized carbons (Fsp3) is 0.125. The summed E-state index contributed by atoms with van der Waals surface area (Å²) in [6.07, 6.45) is -0.549. The Morgan fingerprint density at radius 2 is 1.52 bits per heavy atom. The maximum absolute atomic E-state index is 11.8. The lowest BCUT2D eigenvalue weighted by Crippen LogP contribution is -2.20. The molecule has 2 amide bonds. The summed E-state index contributed by atoms with van der Waals surface area (Å²) in [6.45, 7) is -0.111. The first-order valence-corrected chi connectivity index (χ1v) is 7.49. The highest BCUT2D eigenvalue weighted by Gasteiger charge is 2.05. The lowest BCUT2D eigenvalue weighted by atomic mass is 10.3. The van der Waals surface area contributed by atoms with E-state index in [1.54, 1.807) is 36.4 Å². The monoisotopic (exact) mass is 378 g/mol. The fourth-order valence-electron chi connectivity index (χ4n) is 1.68. The smallest absolute Gasteiger partial charge is 0.411 e. The van der Waals surface area contributed by atoms with Gasteiger partial charge in [0.2, 0.25) is 0 Å². The van der Waals surface area contributed by atoms with E-state index in [-0.39, 0.29) is 12.5 Å². The highest BCUT2D eigenvalue weighted by atomic mass is 79.9. The third-order valence-corrected chi connectivity index (χ3v) is 3.31. The van der Waals surface area contributed by atoms with Crippen LogP contribution in [-0.2, 0) is 9.53 Å². The maximum Gasteiger partial charge on any atom is 0.411 e. The molecule has 2 aromatic rings. The molecule has 0 aliphatic rings. The third kappa shape index (κ3) is 5.63. The van der Waals surface area contributed by atoms with E-state index in [1.165, 1.54) is 7.11 Å². The summed E-state index contributed by atoms with van der Waals surface area (Å²) in [5.41, 5.74) is 1.27. The Hall–Kier alpha value is -2.54. The van der Waals surface area contributed by atoms with Crippen LogP contribution in [0.15, 0.2) is 53.0 Å². The summed E-state index contributed by atoms with van der Waals surface area (Å²) in [5, 5.41) is 5.25. The maximum atomic E-state index is 11.8. The summed E-state index contributed by atoms with van der Waals surface area (Å²) in [6, 6.07) is 13.9. The number of carbonyl (C=O) groups is 2. The van der Waals surface area contributed by atoms with E-state index in [4.69, 9.17) is 4.74 Å². The standard InChI is InChI=1S/C16H15BrN2O4/c1-22-16(21)19-13-6-8-14(9-7-13)23-10-15(20)18-12-4-2-11(17)3-5-12/h2-9H,10H2,1H3,(H,18,20)(H,19,21). The van der Waals surface area contributed by atoms with Crippen molar-refractivity contribution in [1.29, 1.82) is 0 Å². The molecule has 0 saturated heterocycles. The van der Waals surface area contributed by atoms with Crippen LogP contribution < -0.4 is 15.4 Å². The van der Waals surface area contributed by atoms with E-state index in [0.29, 0.717) is 17.1 Å². The number of anilines is 2. The molecule has 0 fully saturated rings. The molecule has 0 bridgehead atoms. The van der Waals surface area contributed by atoms with Gasteiger partial charge in [0.25, 0.3) is 5.91 Å². The van der Waals surface area contributed by atoms with Crippen molar-refractivity contribution >= 4 is 39.3 Å². The van der Waals surface area contributed by atoms with Crippen LogP contribution in [0.1, 0.15) is 0 Å². The van der Waals surface area contributed by atoms with E-state index >= 15 is 0 Å². The van der Waals surface area contributed by atoms with E-state index in [2.05, 4.69) is 31.3 Å². The molecule has 0 aromatic heterocycles. The first kappa shape index (κ1) is 16.8. The number of amides is 2. The van der Waals surface area contributed by atoms with Gasteiger partial charge in [-0.25, -0.2) is 4.79 Å². The number of hydrogen-bond donors (Lipinski definition) is 2. The van der Waals surface area contributed by atoms with Gasteiger partial charge in [-0.15, -0.1) is 0 Å². The summed E-state index contributed by atoms with van der Waals surface area (Å²) in [4.78, 5) is 22.9. The molecule has 0 atom stereocenters. The molecule has 0 radical (unpaired) electrons. The van der Waals surface area contributed by atoms with Crippen molar-refractivity contribution < 1.29 is 19.1 Å². The van der Waals surface area contributed by atoms with Gasteiger partial charge in [0.15, 0.2) is 6.61 Å². The lowest BCUT2D eigenvalue weighted by molar-refractivity contribution is -0.118. The molecule has 2 N–H and O–H groups in total. The van der Waals surface area contributed by atoms with Crippen LogP contribution in [0.25, 0.3) is 0 Å². The molecule has 120 valence electrons. The Labute approximate surface area is 141 Å². The van der Waals surface area contributed by atoms with E-state index in [1.807, 2.05) is 12.1 Å². The molecule has 0 aliphatic heterocycles. The second-order valence-electron chi connectivity index (χ2n) is 4.48. The van der Waals surface area contributed by atoms with Gasteiger partial charge in [0.05, 0.1) is 7.11 Å². The summed E-state index contributed by atoms with van der Waals surface area (Å²) >= 11 is 3.33. The van der Waals surface area contributed by atoms with Crippen LogP contribution in [0.3, 0.4) is 0 Å². The SMILES string of the molecule is COC(=O)Nc1ccc(OCC(=O)Nc2ccc(Br)cc2)cc1. The van der Waals surface area contributed by atoms with E-state index in [0.717, 1.165) is 4.47 Å². The largest absolute Gasteiger partial charge is 0.484 e. The van der Waals surface area contributed by atoms with Crippen molar-refractivity contribution in [1.82, 2.24) is 0 Å². The molecule has 0 unspecified atom stereocenters. The molecule has 23 heavy (non-hydrogen) atoms.